The minimum absolute atomic E-state index is 0.622. The molecule has 0 N–H and O–H groups in total. The van der Waals surface area contributed by atoms with Crippen LogP contribution in [0.2, 0.25) is 0 Å². The molecule has 0 aliphatic carbocycles. The largest absolute Gasteiger partial charge is 0.486 e. The van der Waals surface area contributed by atoms with E-state index in [1.165, 1.54) is 0 Å². The Bertz CT molecular complexity index is 93.1. The first kappa shape index (κ1) is 8.85. The molecule has 0 fully saturated rings. The second kappa shape index (κ2) is 4.70. The van der Waals surface area contributed by atoms with Crippen LogP contribution in [0.3, 0.4) is 0 Å². The molecule has 3 heteroatoms. The summed E-state index contributed by atoms with van der Waals surface area (Å²) in [6.07, 6.45) is 0. The average molecular weight is 147 g/mol. The van der Waals surface area contributed by atoms with E-state index in [2.05, 4.69) is 4.90 Å². The molecule has 0 saturated carbocycles. The molecule has 0 heterocycles. The number of likely N-dealkylation sites (N-methyl/N-ethyl adjacent to an activating group) is 1. The highest BCUT2D eigenvalue weighted by molar-refractivity contribution is 7.80. The fourth-order valence-electron chi connectivity index (χ4n) is 0.372. The van der Waals surface area contributed by atoms with Gasteiger partial charge in [-0.1, -0.05) is 0 Å². The Labute approximate surface area is 61.8 Å². The first-order valence-electron chi connectivity index (χ1n) is 2.91. The van der Waals surface area contributed by atoms with Crippen LogP contribution >= 0.6 is 12.2 Å². The van der Waals surface area contributed by atoms with Gasteiger partial charge in [0.25, 0.3) is 0 Å². The lowest BCUT2D eigenvalue weighted by atomic mass is 10.6. The summed E-state index contributed by atoms with van der Waals surface area (Å²) in [5.41, 5.74) is 0. The molecule has 0 aromatic carbocycles. The summed E-state index contributed by atoms with van der Waals surface area (Å²) in [6.45, 7) is 3.40. The standard InChI is InChI=1S/C6H13NOS/c1-6(9)8-5-4-7(2)3/h4-5H2,1-3H3. The Morgan fingerprint density at radius 2 is 2.11 bits per heavy atom. The third kappa shape index (κ3) is 7.85. The maximum atomic E-state index is 5.04. The van der Waals surface area contributed by atoms with Crippen LogP contribution in [0.25, 0.3) is 0 Å². The maximum absolute atomic E-state index is 5.04. The van der Waals surface area contributed by atoms with E-state index in [4.69, 9.17) is 17.0 Å². The van der Waals surface area contributed by atoms with Crippen LogP contribution in [-0.2, 0) is 4.74 Å². The Hall–Kier alpha value is -0.150. The topological polar surface area (TPSA) is 12.5 Å². The van der Waals surface area contributed by atoms with Gasteiger partial charge in [-0.15, -0.1) is 0 Å². The van der Waals surface area contributed by atoms with Crippen LogP contribution < -0.4 is 0 Å². The number of hydrogen-bond donors (Lipinski definition) is 0. The SMILES string of the molecule is CC(=S)OCCN(C)C. The summed E-state index contributed by atoms with van der Waals surface area (Å²) >= 11 is 4.71. The molecule has 0 aromatic heterocycles. The van der Waals surface area contributed by atoms with Crippen molar-refractivity contribution in [1.29, 1.82) is 0 Å². The highest BCUT2D eigenvalue weighted by Gasteiger charge is 1.89. The minimum Gasteiger partial charge on any atom is -0.486 e. The van der Waals surface area contributed by atoms with Gasteiger partial charge in [0, 0.05) is 13.5 Å². The van der Waals surface area contributed by atoms with Gasteiger partial charge in [0.1, 0.15) is 6.61 Å². The van der Waals surface area contributed by atoms with Gasteiger partial charge in [0.15, 0.2) is 5.05 Å². The van der Waals surface area contributed by atoms with Gasteiger partial charge in [-0.2, -0.15) is 0 Å². The average Bonchev–Trinajstić information content (AvgIpc) is 1.63. The number of rotatable bonds is 3. The van der Waals surface area contributed by atoms with Crippen LogP contribution in [0.1, 0.15) is 6.92 Å². The van der Waals surface area contributed by atoms with Crippen molar-refractivity contribution in [2.45, 2.75) is 6.92 Å². The van der Waals surface area contributed by atoms with Gasteiger partial charge in [0.2, 0.25) is 0 Å². The van der Waals surface area contributed by atoms with Crippen LogP contribution in [0.4, 0.5) is 0 Å². The quantitative estimate of drug-likeness (QED) is 0.551. The summed E-state index contributed by atoms with van der Waals surface area (Å²) in [5.74, 6) is 0. The smallest absolute Gasteiger partial charge is 0.156 e. The van der Waals surface area contributed by atoms with E-state index in [1.807, 2.05) is 14.1 Å². The van der Waals surface area contributed by atoms with E-state index in [1.54, 1.807) is 6.92 Å². The highest BCUT2D eigenvalue weighted by Crippen LogP contribution is 1.80. The van der Waals surface area contributed by atoms with Gasteiger partial charge < -0.3 is 9.64 Å². The zero-order chi connectivity index (χ0) is 7.28. The first-order valence-corrected chi connectivity index (χ1v) is 3.32. The Kier molecular flexibility index (Phi) is 4.62. The first-order chi connectivity index (χ1) is 4.13. The molecule has 2 nitrogen and oxygen atoms in total. The predicted octanol–water partition coefficient (Wildman–Crippen LogP) is 0.912. The molecule has 0 bridgehead atoms. The molecule has 0 unspecified atom stereocenters. The van der Waals surface area contributed by atoms with E-state index >= 15 is 0 Å². The maximum Gasteiger partial charge on any atom is 0.156 e. The van der Waals surface area contributed by atoms with Crippen molar-refractivity contribution in [3.05, 3.63) is 0 Å². The lowest BCUT2D eigenvalue weighted by Gasteiger charge is -2.08. The normalized spacial score (nSPS) is 9.78. The zero-order valence-corrected chi connectivity index (χ0v) is 6.99. The van der Waals surface area contributed by atoms with Gasteiger partial charge in [0.05, 0.1) is 0 Å². The molecular weight excluding hydrogens is 134 g/mol. The van der Waals surface area contributed by atoms with Crippen molar-refractivity contribution in [2.75, 3.05) is 27.2 Å². The Balaban J connectivity index is 3.01. The Morgan fingerprint density at radius 3 is 2.44 bits per heavy atom. The summed E-state index contributed by atoms with van der Waals surface area (Å²) in [7, 11) is 4.00. The van der Waals surface area contributed by atoms with Crippen molar-refractivity contribution in [1.82, 2.24) is 4.90 Å². The molecule has 0 spiro atoms. The summed E-state index contributed by atoms with van der Waals surface area (Å²) in [6, 6.07) is 0. The second-order valence-electron chi connectivity index (χ2n) is 2.14. The highest BCUT2D eigenvalue weighted by atomic mass is 32.1. The van der Waals surface area contributed by atoms with E-state index < -0.39 is 0 Å². The fourth-order valence-corrected chi connectivity index (χ4v) is 0.455. The van der Waals surface area contributed by atoms with Gasteiger partial charge in [-0.3, -0.25) is 0 Å². The van der Waals surface area contributed by atoms with Crippen LogP contribution in [0.5, 0.6) is 0 Å². The Morgan fingerprint density at radius 1 is 1.56 bits per heavy atom. The summed E-state index contributed by atoms with van der Waals surface area (Å²) in [4.78, 5) is 2.05. The molecule has 0 aliphatic rings. The molecule has 0 atom stereocenters. The predicted molar refractivity (Wildman–Crippen MR) is 42.8 cm³/mol. The van der Waals surface area contributed by atoms with Crippen LogP contribution in [-0.4, -0.2) is 37.2 Å². The molecule has 0 radical (unpaired) electrons. The molecule has 0 aliphatic heterocycles. The number of ether oxygens (including phenoxy) is 1. The molecule has 0 saturated heterocycles. The molecule has 54 valence electrons. The second-order valence-corrected chi connectivity index (χ2v) is 2.72. The van der Waals surface area contributed by atoms with Crippen molar-refractivity contribution < 1.29 is 4.74 Å². The summed E-state index contributed by atoms with van der Waals surface area (Å²) in [5, 5.41) is 0.622. The van der Waals surface area contributed by atoms with Crippen LogP contribution in [0, 0.1) is 0 Å². The van der Waals surface area contributed by atoms with E-state index in [9.17, 15) is 0 Å². The van der Waals surface area contributed by atoms with Crippen molar-refractivity contribution in [3.63, 3.8) is 0 Å². The monoisotopic (exact) mass is 147 g/mol. The van der Waals surface area contributed by atoms with Crippen molar-refractivity contribution in [3.8, 4) is 0 Å². The molecule has 9 heavy (non-hydrogen) atoms. The zero-order valence-electron chi connectivity index (χ0n) is 6.18. The molecule has 0 amide bonds. The molecular formula is C6H13NOS. The van der Waals surface area contributed by atoms with Crippen molar-refractivity contribution >= 4 is 17.3 Å². The molecule has 0 aromatic rings. The molecule has 0 rings (SSSR count). The third-order valence-electron chi connectivity index (χ3n) is 0.844. The van der Waals surface area contributed by atoms with Gasteiger partial charge in [-0.25, -0.2) is 0 Å². The number of nitrogens with zero attached hydrogens (tertiary/aromatic N) is 1. The van der Waals surface area contributed by atoms with E-state index in [0.717, 1.165) is 6.54 Å². The summed E-state index contributed by atoms with van der Waals surface area (Å²) < 4.78 is 5.04. The van der Waals surface area contributed by atoms with Gasteiger partial charge >= 0.3 is 0 Å². The van der Waals surface area contributed by atoms with E-state index in [0.29, 0.717) is 11.7 Å². The number of hydrogen-bond acceptors (Lipinski definition) is 3. The van der Waals surface area contributed by atoms with E-state index in [-0.39, 0.29) is 0 Å². The van der Waals surface area contributed by atoms with Crippen molar-refractivity contribution in [2.24, 2.45) is 0 Å². The fraction of sp³-hybridized carbons (Fsp3) is 0.833. The number of thiocarbonyl (C=S) groups is 1. The lowest BCUT2D eigenvalue weighted by molar-refractivity contribution is 0.255. The van der Waals surface area contributed by atoms with Gasteiger partial charge in [-0.05, 0) is 26.3 Å². The minimum atomic E-state index is 0.622. The third-order valence-corrected chi connectivity index (χ3v) is 0.962. The lowest BCUT2D eigenvalue weighted by Crippen LogP contribution is -2.18. The van der Waals surface area contributed by atoms with Crippen LogP contribution in [0.15, 0.2) is 0 Å².